The van der Waals surface area contributed by atoms with Gasteiger partial charge in [0.15, 0.2) is 0 Å². The minimum Gasteiger partial charge on any atom is -0.397 e. The largest absolute Gasteiger partial charge is 0.397 e. The first-order valence-electron chi connectivity index (χ1n) is 3.26. The van der Waals surface area contributed by atoms with Crippen LogP contribution in [0.1, 0.15) is 0 Å². The maximum atomic E-state index is 5.46. The minimum absolute atomic E-state index is 0.425. The molecule has 1 rings (SSSR count). The second-order valence-electron chi connectivity index (χ2n) is 2.02. The second-order valence-corrected chi connectivity index (χ2v) is 2.02. The number of anilines is 1. The van der Waals surface area contributed by atoms with Crippen LogP contribution in [0.2, 0.25) is 0 Å². The quantitative estimate of drug-likeness (QED) is 0.596. The highest BCUT2D eigenvalue weighted by molar-refractivity contribution is 5.65. The van der Waals surface area contributed by atoms with Gasteiger partial charge in [-0.3, -0.25) is 9.98 Å². The average molecular weight is 150 g/mol. The SMILES string of the molecule is NCC=Nc1cncc(N)c1. The first-order valence-corrected chi connectivity index (χ1v) is 3.26. The van der Waals surface area contributed by atoms with Crippen LogP contribution in [0.3, 0.4) is 0 Å². The number of nitrogens with two attached hydrogens (primary N) is 2. The zero-order chi connectivity index (χ0) is 8.10. The number of hydrogen-bond acceptors (Lipinski definition) is 4. The number of pyridine rings is 1. The van der Waals surface area contributed by atoms with Gasteiger partial charge in [-0.05, 0) is 6.07 Å². The molecule has 0 radical (unpaired) electrons. The maximum absolute atomic E-state index is 5.46. The molecule has 0 saturated carbocycles. The predicted molar refractivity (Wildman–Crippen MR) is 45.9 cm³/mol. The Hall–Kier alpha value is -1.42. The third-order valence-electron chi connectivity index (χ3n) is 1.09. The normalized spacial score (nSPS) is 10.6. The van der Waals surface area contributed by atoms with Crippen LogP contribution in [0.25, 0.3) is 0 Å². The number of nitrogen functional groups attached to an aromatic ring is 1. The Morgan fingerprint density at radius 3 is 3.00 bits per heavy atom. The summed E-state index contributed by atoms with van der Waals surface area (Å²) in [5.74, 6) is 0. The van der Waals surface area contributed by atoms with Crippen LogP contribution >= 0.6 is 0 Å². The van der Waals surface area contributed by atoms with E-state index in [0.29, 0.717) is 12.2 Å². The van der Waals surface area contributed by atoms with Gasteiger partial charge < -0.3 is 11.5 Å². The van der Waals surface area contributed by atoms with Crippen LogP contribution in [0, 0.1) is 0 Å². The topological polar surface area (TPSA) is 77.3 Å². The van der Waals surface area contributed by atoms with E-state index in [1.165, 1.54) is 0 Å². The molecule has 0 fully saturated rings. The van der Waals surface area contributed by atoms with Gasteiger partial charge >= 0.3 is 0 Å². The first-order chi connectivity index (χ1) is 5.33. The lowest BCUT2D eigenvalue weighted by molar-refractivity contribution is 1.29. The fourth-order valence-electron chi connectivity index (χ4n) is 0.674. The monoisotopic (exact) mass is 150 g/mol. The van der Waals surface area contributed by atoms with E-state index in [0.717, 1.165) is 5.69 Å². The van der Waals surface area contributed by atoms with Gasteiger partial charge in [0.1, 0.15) is 0 Å². The summed E-state index contributed by atoms with van der Waals surface area (Å²) in [6.07, 6.45) is 4.81. The molecule has 58 valence electrons. The van der Waals surface area contributed by atoms with E-state index < -0.39 is 0 Å². The Balaban J connectivity index is 2.79. The fourth-order valence-corrected chi connectivity index (χ4v) is 0.674. The second kappa shape index (κ2) is 3.68. The third kappa shape index (κ3) is 2.35. The summed E-state index contributed by atoms with van der Waals surface area (Å²) < 4.78 is 0. The lowest BCUT2D eigenvalue weighted by Crippen LogP contribution is -1.98. The molecule has 0 unspecified atom stereocenters. The molecular weight excluding hydrogens is 140 g/mol. The third-order valence-corrected chi connectivity index (χ3v) is 1.09. The van der Waals surface area contributed by atoms with E-state index in [2.05, 4.69) is 9.98 Å². The molecule has 11 heavy (non-hydrogen) atoms. The van der Waals surface area contributed by atoms with Crippen molar-refractivity contribution in [2.24, 2.45) is 10.7 Å². The molecule has 1 heterocycles. The molecule has 0 atom stereocenters. The van der Waals surface area contributed by atoms with Crippen LogP contribution in [0.4, 0.5) is 11.4 Å². The highest BCUT2D eigenvalue weighted by Gasteiger charge is 1.87. The van der Waals surface area contributed by atoms with Gasteiger partial charge in [-0.25, -0.2) is 0 Å². The number of rotatable bonds is 2. The lowest BCUT2D eigenvalue weighted by Gasteiger charge is -1.92. The number of hydrogen-bond donors (Lipinski definition) is 2. The van der Waals surface area contributed by atoms with E-state index >= 15 is 0 Å². The fraction of sp³-hybridized carbons (Fsp3) is 0.143. The Kier molecular flexibility index (Phi) is 2.57. The van der Waals surface area contributed by atoms with Crippen molar-refractivity contribution in [1.82, 2.24) is 4.98 Å². The molecule has 0 aromatic carbocycles. The number of aliphatic imine (C=N–C) groups is 1. The average Bonchev–Trinajstić information content (AvgIpc) is 2.01. The molecule has 0 aliphatic rings. The molecular formula is C7H10N4. The zero-order valence-electron chi connectivity index (χ0n) is 6.07. The molecule has 0 bridgehead atoms. The van der Waals surface area contributed by atoms with E-state index in [1.807, 2.05) is 0 Å². The highest BCUT2D eigenvalue weighted by atomic mass is 14.8. The summed E-state index contributed by atoms with van der Waals surface area (Å²) in [6, 6.07) is 1.74. The summed E-state index contributed by atoms with van der Waals surface area (Å²) in [6.45, 7) is 0.425. The van der Waals surface area contributed by atoms with E-state index in [9.17, 15) is 0 Å². The minimum atomic E-state index is 0.425. The Morgan fingerprint density at radius 1 is 1.55 bits per heavy atom. The van der Waals surface area contributed by atoms with Crippen molar-refractivity contribution in [3.63, 3.8) is 0 Å². The van der Waals surface area contributed by atoms with Crippen molar-refractivity contribution < 1.29 is 0 Å². The smallest absolute Gasteiger partial charge is 0.0829 e. The summed E-state index contributed by atoms with van der Waals surface area (Å²) in [7, 11) is 0. The van der Waals surface area contributed by atoms with Crippen LogP contribution < -0.4 is 11.5 Å². The molecule has 1 aromatic heterocycles. The Labute approximate surface area is 65.0 Å². The van der Waals surface area contributed by atoms with Crippen molar-refractivity contribution >= 4 is 17.6 Å². The molecule has 4 heteroatoms. The molecule has 0 amide bonds. The molecule has 4 N–H and O–H groups in total. The Bertz CT molecular complexity index is 256. The van der Waals surface area contributed by atoms with Crippen LogP contribution in [-0.2, 0) is 0 Å². The van der Waals surface area contributed by atoms with Crippen LogP contribution in [0.5, 0.6) is 0 Å². The van der Waals surface area contributed by atoms with Gasteiger partial charge in [0.05, 0.1) is 17.6 Å². The Morgan fingerprint density at radius 2 is 2.36 bits per heavy atom. The lowest BCUT2D eigenvalue weighted by atomic mass is 10.4. The summed E-state index contributed by atoms with van der Waals surface area (Å²) >= 11 is 0. The van der Waals surface area contributed by atoms with Gasteiger partial charge in [-0.15, -0.1) is 0 Å². The first kappa shape index (κ1) is 7.68. The predicted octanol–water partition coefficient (Wildman–Crippen LogP) is 0.325. The van der Waals surface area contributed by atoms with Crippen molar-refractivity contribution in [1.29, 1.82) is 0 Å². The molecule has 1 aromatic rings. The van der Waals surface area contributed by atoms with Crippen LogP contribution in [-0.4, -0.2) is 17.7 Å². The molecule has 0 spiro atoms. The number of aromatic nitrogens is 1. The van der Waals surface area contributed by atoms with Gasteiger partial charge in [-0.2, -0.15) is 0 Å². The van der Waals surface area contributed by atoms with Crippen molar-refractivity contribution in [2.45, 2.75) is 0 Å². The summed E-state index contributed by atoms with van der Waals surface area (Å²) in [5, 5.41) is 0. The van der Waals surface area contributed by atoms with Gasteiger partial charge in [0.25, 0.3) is 0 Å². The van der Waals surface area contributed by atoms with E-state index in [4.69, 9.17) is 11.5 Å². The van der Waals surface area contributed by atoms with Gasteiger partial charge in [0.2, 0.25) is 0 Å². The van der Waals surface area contributed by atoms with Crippen molar-refractivity contribution in [2.75, 3.05) is 12.3 Å². The molecule has 0 saturated heterocycles. The molecule has 0 aliphatic heterocycles. The van der Waals surface area contributed by atoms with Crippen molar-refractivity contribution in [3.05, 3.63) is 18.5 Å². The maximum Gasteiger partial charge on any atom is 0.0829 e. The zero-order valence-corrected chi connectivity index (χ0v) is 6.07. The standard InChI is InChI=1S/C7H10N4/c8-1-2-11-7-3-6(9)4-10-5-7/h2-5H,1,8-9H2. The molecule has 0 aliphatic carbocycles. The molecule has 4 nitrogen and oxygen atoms in total. The highest BCUT2D eigenvalue weighted by Crippen LogP contribution is 2.11. The van der Waals surface area contributed by atoms with E-state index in [1.54, 1.807) is 24.7 Å². The van der Waals surface area contributed by atoms with E-state index in [-0.39, 0.29) is 0 Å². The summed E-state index contributed by atoms with van der Waals surface area (Å²) in [4.78, 5) is 7.85. The number of nitrogens with zero attached hydrogens (tertiary/aromatic N) is 2. The van der Waals surface area contributed by atoms with Gasteiger partial charge in [-0.1, -0.05) is 0 Å². The van der Waals surface area contributed by atoms with Gasteiger partial charge in [0, 0.05) is 19.0 Å². The van der Waals surface area contributed by atoms with Crippen molar-refractivity contribution in [3.8, 4) is 0 Å². The van der Waals surface area contributed by atoms with Crippen LogP contribution in [0.15, 0.2) is 23.5 Å². The summed E-state index contributed by atoms with van der Waals surface area (Å²) in [5.41, 5.74) is 12.0.